The van der Waals surface area contributed by atoms with E-state index in [1.54, 1.807) is 6.34 Å². The van der Waals surface area contributed by atoms with Crippen molar-refractivity contribution in [3.8, 4) is 0 Å². The zero-order valence-corrected chi connectivity index (χ0v) is 21.7. The first-order valence-corrected chi connectivity index (χ1v) is 12.6. The lowest BCUT2D eigenvalue weighted by atomic mass is 9.83. The minimum absolute atomic E-state index is 0.0736. The molecule has 1 aliphatic rings. The van der Waals surface area contributed by atoms with E-state index in [-0.39, 0.29) is 6.04 Å². The van der Waals surface area contributed by atoms with Crippen LogP contribution in [-0.2, 0) is 0 Å². The molecule has 0 bridgehead atoms. The Hall–Kier alpha value is -2.85. The number of anilines is 1. The number of aliphatic imine (C=N–C) groups is 1. The number of piperidine rings is 1. The SMILES string of the molecule is C=Cc1ccccc1NC(C)c1cc(C)cc(C(=C)C2CCN(CC(C)C)CC2)c1/N=C\NC. The third-order valence-corrected chi connectivity index (χ3v) is 6.68. The molecule has 4 nitrogen and oxygen atoms in total. The maximum Gasteiger partial charge on any atom is 0.0884 e. The van der Waals surface area contributed by atoms with Crippen molar-refractivity contribution < 1.29 is 0 Å². The Balaban J connectivity index is 1.91. The fourth-order valence-corrected chi connectivity index (χ4v) is 4.97. The smallest absolute Gasteiger partial charge is 0.0884 e. The molecule has 1 fully saturated rings. The van der Waals surface area contributed by atoms with Crippen LogP contribution in [-0.4, -0.2) is 37.9 Å². The van der Waals surface area contributed by atoms with Crippen molar-refractivity contribution >= 4 is 29.4 Å². The lowest BCUT2D eigenvalue weighted by molar-refractivity contribution is 0.187. The number of benzene rings is 2. The molecule has 0 radical (unpaired) electrons. The third kappa shape index (κ3) is 6.38. The summed E-state index contributed by atoms with van der Waals surface area (Å²) in [6, 6.07) is 12.9. The van der Waals surface area contributed by atoms with Crippen LogP contribution in [0, 0.1) is 18.8 Å². The first-order valence-electron chi connectivity index (χ1n) is 12.6. The first-order chi connectivity index (χ1) is 16.3. The van der Waals surface area contributed by atoms with Gasteiger partial charge in [0.2, 0.25) is 0 Å². The average molecular weight is 459 g/mol. The molecular formula is C30H42N4. The molecule has 2 aromatic carbocycles. The number of hydrogen-bond donors (Lipinski definition) is 2. The maximum absolute atomic E-state index is 4.87. The van der Waals surface area contributed by atoms with E-state index in [0.717, 1.165) is 42.9 Å². The number of hydrogen-bond acceptors (Lipinski definition) is 3. The van der Waals surface area contributed by atoms with Gasteiger partial charge in [-0.05, 0) is 74.9 Å². The summed E-state index contributed by atoms with van der Waals surface area (Å²) >= 11 is 0. The Bertz CT molecular complexity index is 1010. The second-order valence-electron chi connectivity index (χ2n) is 9.95. The Morgan fingerprint density at radius 2 is 1.88 bits per heavy atom. The number of rotatable bonds is 10. The number of likely N-dealkylation sites (tertiary alicyclic amines) is 1. The van der Waals surface area contributed by atoms with E-state index >= 15 is 0 Å². The van der Waals surface area contributed by atoms with Gasteiger partial charge >= 0.3 is 0 Å². The van der Waals surface area contributed by atoms with E-state index in [9.17, 15) is 0 Å². The molecule has 1 saturated heterocycles. The molecule has 182 valence electrons. The van der Waals surface area contributed by atoms with Gasteiger partial charge in [0.15, 0.2) is 0 Å². The largest absolute Gasteiger partial charge is 0.379 e. The van der Waals surface area contributed by atoms with E-state index in [2.05, 4.69) is 86.7 Å². The molecule has 1 atom stereocenters. The third-order valence-electron chi connectivity index (χ3n) is 6.68. The van der Waals surface area contributed by atoms with Crippen molar-refractivity contribution in [1.82, 2.24) is 10.2 Å². The van der Waals surface area contributed by atoms with Crippen LogP contribution in [0.3, 0.4) is 0 Å². The molecular weight excluding hydrogens is 416 g/mol. The molecule has 2 aromatic rings. The van der Waals surface area contributed by atoms with Crippen LogP contribution in [0.1, 0.15) is 61.9 Å². The van der Waals surface area contributed by atoms with Gasteiger partial charge in [0, 0.05) is 30.4 Å². The summed E-state index contributed by atoms with van der Waals surface area (Å²) in [5, 5.41) is 6.76. The zero-order valence-electron chi connectivity index (χ0n) is 21.7. The summed E-state index contributed by atoms with van der Waals surface area (Å²) in [5.41, 5.74) is 7.99. The average Bonchev–Trinajstić information content (AvgIpc) is 2.82. The van der Waals surface area contributed by atoms with E-state index in [1.165, 1.54) is 28.8 Å². The zero-order chi connectivity index (χ0) is 24.7. The van der Waals surface area contributed by atoms with Gasteiger partial charge < -0.3 is 15.5 Å². The first kappa shape index (κ1) is 25.8. The molecule has 0 amide bonds. The van der Waals surface area contributed by atoms with Crippen molar-refractivity contribution in [1.29, 1.82) is 0 Å². The Morgan fingerprint density at radius 1 is 1.18 bits per heavy atom. The summed E-state index contributed by atoms with van der Waals surface area (Å²) in [4.78, 5) is 7.47. The fraction of sp³-hybridized carbons (Fsp3) is 0.433. The predicted molar refractivity (Wildman–Crippen MR) is 150 cm³/mol. The molecule has 0 spiro atoms. The molecule has 3 rings (SSSR count). The minimum atomic E-state index is 0.0736. The molecule has 1 unspecified atom stereocenters. The second-order valence-corrected chi connectivity index (χ2v) is 9.95. The standard InChI is InChI=1S/C30H42N4/c1-8-25-11-9-10-12-29(25)33-24(6)28-18-22(4)17-27(30(28)32-20-31-7)23(5)26-13-15-34(16-14-26)19-21(2)3/h8-12,17-18,20-21,24,26,33H,1,5,13-16,19H2,2-4,6-7H3,(H,31,32). The maximum atomic E-state index is 4.87. The number of para-hydroxylation sites is 1. The van der Waals surface area contributed by atoms with Crippen molar-refractivity contribution in [3.63, 3.8) is 0 Å². The summed E-state index contributed by atoms with van der Waals surface area (Å²) in [6.45, 7) is 21.0. The summed E-state index contributed by atoms with van der Waals surface area (Å²) in [7, 11) is 1.89. The Labute approximate surface area is 206 Å². The number of aryl methyl sites for hydroxylation is 1. The highest BCUT2D eigenvalue weighted by molar-refractivity contribution is 5.80. The van der Waals surface area contributed by atoms with Gasteiger partial charge in [-0.1, -0.05) is 62.9 Å². The van der Waals surface area contributed by atoms with E-state index in [1.807, 2.05) is 19.2 Å². The second kappa shape index (κ2) is 12.0. The molecule has 0 saturated carbocycles. The molecule has 2 N–H and O–H groups in total. The predicted octanol–water partition coefficient (Wildman–Crippen LogP) is 7.07. The lowest BCUT2D eigenvalue weighted by Crippen LogP contribution is -2.36. The molecule has 1 aliphatic heterocycles. The van der Waals surface area contributed by atoms with E-state index in [4.69, 9.17) is 4.99 Å². The van der Waals surface area contributed by atoms with Gasteiger partial charge in [0.1, 0.15) is 0 Å². The van der Waals surface area contributed by atoms with Crippen molar-refractivity contribution in [2.24, 2.45) is 16.8 Å². The topological polar surface area (TPSA) is 39.7 Å². The van der Waals surface area contributed by atoms with Crippen LogP contribution in [0.15, 0.2) is 54.5 Å². The molecule has 34 heavy (non-hydrogen) atoms. The number of nitrogens with one attached hydrogen (secondary N) is 2. The van der Waals surface area contributed by atoms with Crippen LogP contribution in [0.5, 0.6) is 0 Å². The normalized spacial score (nSPS) is 16.1. The van der Waals surface area contributed by atoms with Gasteiger partial charge in [-0.3, -0.25) is 0 Å². The fourth-order valence-electron chi connectivity index (χ4n) is 4.97. The lowest BCUT2D eigenvalue weighted by Gasteiger charge is -2.34. The van der Waals surface area contributed by atoms with Crippen molar-refractivity contribution in [3.05, 3.63) is 71.8 Å². The van der Waals surface area contributed by atoms with Crippen LogP contribution < -0.4 is 10.6 Å². The Morgan fingerprint density at radius 3 is 2.53 bits per heavy atom. The number of allylic oxidation sites excluding steroid dienone is 1. The van der Waals surface area contributed by atoms with Crippen LogP contribution in [0.2, 0.25) is 0 Å². The van der Waals surface area contributed by atoms with E-state index < -0.39 is 0 Å². The van der Waals surface area contributed by atoms with Gasteiger partial charge in [-0.2, -0.15) is 0 Å². The van der Waals surface area contributed by atoms with Gasteiger partial charge in [0.05, 0.1) is 18.1 Å². The molecule has 0 aliphatic carbocycles. The summed E-state index contributed by atoms with van der Waals surface area (Å²) in [5.74, 6) is 1.20. The van der Waals surface area contributed by atoms with Crippen molar-refractivity contribution in [2.45, 2.75) is 46.6 Å². The van der Waals surface area contributed by atoms with Crippen LogP contribution in [0.4, 0.5) is 11.4 Å². The highest BCUT2D eigenvalue weighted by Gasteiger charge is 2.25. The summed E-state index contributed by atoms with van der Waals surface area (Å²) < 4.78 is 0. The van der Waals surface area contributed by atoms with Crippen LogP contribution >= 0.6 is 0 Å². The summed E-state index contributed by atoms with van der Waals surface area (Å²) in [6.07, 6.45) is 5.99. The highest BCUT2D eigenvalue weighted by Crippen LogP contribution is 2.40. The van der Waals surface area contributed by atoms with Gasteiger partial charge in [-0.15, -0.1) is 0 Å². The van der Waals surface area contributed by atoms with Crippen molar-refractivity contribution in [2.75, 3.05) is 32.0 Å². The molecule has 0 aromatic heterocycles. The quantitative estimate of drug-likeness (QED) is 0.295. The van der Waals surface area contributed by atoms with Gasteiger partial charge in [0.25, 0.3) is 0 Å². The minimum Gasteiger partial charge on any atom is -0.379 e. The van der Waals surface area contributed by atoms with Gasteiger partial charge in [-0.25, -0.2) is 4.99 Å². The molecule has 4 heteroatoms. The van der Waals surface area contributed by atoms with Crippen LogP contribution in [0.25, 0.3) is 11.6 Å². The highest BCUT2D eigenvalue weighted by atomic mass is 15.1. The van der Waals surface area contributed by atoms with E-state index in [0.29, 0.717) is 11.8 Å². The molecule has 1 heterocycles. The monoisotopic (exact) mass is 458 g/mol. The Kier molecular flexibility index (Phi) is 9.12. The number of nitrogens with zero attached hydrogens (tertiary/aromatic N) is 2.